The molecule has 1 atom stereocenters. The summed E-state index contributed by atoms with van der Waals surface area (Å²) in [5, 5.41) is 11.7. The summed E-state index contributed by atoms with van der Waals surface area (Å²) in [6, 6.07) is 4.66. The molecule has 0 fully saturated rings. The minimum Gasteiger partial charge on any atom is -0.708 e. The van der Waals surface area contributed by atoms with Crippen molar-refractivity contribution in [2.45, 2.75) is 19.2 Å². The zero-order valence-corrected chi connectivity index (χ0v) is 13.9. The van der Waals surface area contributed by atoms with Gasteiger partial charge in [-0.2, -0.15) is 27.3 Å². The molecule has 2 heterocycles. The fourth-order valence-electron chi connectivity index (χ4n) is 2.68. The first-order valence-corrected chi connectivity index (χ1v) is 7.63. The van der Waals surface area contributed by atoms with Gasteiger partial charge < -0.3 is 9.94 Å². The van der Waals surface area contributed by atoms with Gasteiger partial charge in [-0.3, -0.25) is 9.69 Å². The number of rotatable bonds is 2. The number of nitrogens with zero attached hydrogens (tertiary/aromatic N) is 3. The van der Waals surface area contributed by atoms with Crippen molar-refractivity contribution in [1.29, 1.82) is 0 Å². The molecule has 10 heteroatoms. The van der Waals surface area contributed by atoms with Crippen LogP contribution < -0.4 is 20.1 Å². The summed E-state index contributed by atoms with van der Waals surface area (Å²) in [6.07, 6.45) is 0.386. The third-order valence-electron chi connectivity index (χ3n) is 3.95. The third-order valence-corrected chi connectivity index (χ3v) is 3.95. The number of benzene rings is 1. The molecule has 2 aromatic rings. The molecule has 0 N–H and O–H groups in total. The van der Waals surface area contributed by atoms with E-state index in [-0.39, 0.29) is 17.9 Å². The van der Waals surface area contributed by atoms with Crippen molar-refractivity contribution in [3.63, 3.8) is 0 Å². The van der Waals surface area contributed by atoms with E-state index < -0.39 is 34.3 Å². The lowest BCUT2D eigenvalue weighted by atomic mass is 10.1. The van der Waals surface area contributed by atoms with Gasteiger partial charge in [0, 0.05) is 12.1 Å². The lowest BCUT2D eigenvalue weighted by Crippen LogP contribution is -2.54. The zero-order valence-electron chi connectivity index (χ0n) is 13.9. The first kappa shape index (κ1) is 18.3. The van der Waals surface area contributed by atoms with Crippen LogP contribution in [0.1, 0.15) is 12.6 Å². The number of hydrogen-bond donors (Lipinski definition) is 0. The van der Waals surface area contributed by atoms with Crippen molar-refractivity contribution >= 4 is 11.6 Å². The van der Waals surface area contributed by atoms with Crippen molar-refractivity contribution < 1.29 is 27.4 Å². The Morgan fingerprint density at radius 1 is 1.33 bits per heavy atom. The van der Waals surface area contributed by atoms with Crippen LogP contribution in [0.3, 0.4) is 0 Å². The zero-order chi connectivity index (χ0) is 19.9. The van der Waals surface area contributed by atoms with Crippen LogP contribution in [0.4, 0.5) is 18.9 Å². The summed E-state index contributed by atoms with van der Waals surface area (Å²) >= 11 is 0. The number of halogens is 3. The summed E-state index contributed by atoms with van der Waals surface area (Å²) in [4.78, 5) is 25.6. The number of anilines is 1. The molecule has 140 valence electrons. The molecular formula is C17H12F3N3O4. The number of hydrogen-bond acceptors (Lipinski definition) is 4. The van der Waals surface area contributed by atoms with Crippen LogP contribution in [-0.2, 0) is 11.0 Å². The lowest BCUT2D eigenvalue weighted by molar-refractivity contribution is -0.648. The molecule has 7 nitrogen and oxygen atoms in total. The van der Waals surface area contributed by atoms with Crippen molar-refractivity contribution in [2.75, 3.05) is 11.4 Å². The number of carbonyl (C=O) groups excluding carboxylic acids is 1. The van der Waals surface area contributed by atoms with E-state index in [1.165, 1.54) is 23.1 Å². The van der Waals surface area contributed by atoms with Crippen LogP contribution in [0, 0.1) is 17.6 Å². The number of alkyl halides is 3. The van der Waals surface area contributed by atoms with Crippen molar-refractivity contribution in [3.8, 4) is 23.8 Å². The molecule has 1 amide bonds. The number of carbonyl (C=O) groups is 1. The van der Waals surface area contributed by atoms with Crippen LogP contribution in [0.2, 0.25) is 0 Å². The summed E-state index contributed by atoms with van der Waals surface area (Å²) in [7, 11) is 0. The molecule has 1 aromatic heterocycles. The molecule has 3 rings (SSSR count). The summed E-state index contributed by atoms with van der Waals surface area (Å²) in [6.45, 7) is 1.48. The average Bonchev–Trinajstić information content (AvgIpc) is 2.60. The highest BCUT2D eigenvalue weighted by molar-refractivity contribution is 6.00. The minimum atomic E-state index is -4.96. The van der Waals surface area contributed by atoms with Gasteiger partial charge in [-0.15, -0.1) is 6.42 Å². The Balaban J connectivity index is 2.14. The largest absolute Gasteiger partial charge is 0.708 e. The third kappa shape index (κ3) is 3.08. The minimum absolute atomic E-state index is 0.0630. The maximum absolute atomic E-state index is 12.8. The summed E-state index contributed by atoms with van der Waals surface area (Å²) in [5.41, 5.74) is -2.74. The van der Waals surface area contributed by atoms with Gasteiger partial charge in [0.1, 0.15) is 17.6 Å². The predicted molar refractivity (Wildman–Crippen MR) is 87.3 cm³/mol. The molecule has 0 saturated heterocycles. The molecule has 27 heavy (non-hydrogen) atoms. The van der Waals surface area contributed by atoms with Crippen LogP contribution in [0.25, 0.3) is 5.69 Å². The van der Waals surface area contributed by atoms with E-state index in [4.69, 9.17) is 11.2 Å². The molecule has 1 unspecified atom stereocenters. The monoisotopic (exact) mass is 379 g/mol. The molecule has 1 aliphatic heterocycles. The summed E-state index contributed by atoms with van der Waals surface area (Å²) < 4.78 is 43.7. The molecular weight excluding hydrogens is 367 g/mol. The Kier molecular flexibility index (Phi) is 4.31. The van der Waals surface area contributed by atoms with E-state index in [0.29, 0.717) is 11.8 Å². The molecule has 0 aliphatic carbocycles. The fraction of sp³-hybridized carbons (Fsp3) is 0.235. The molecule has 0 bridgehead atoms. The number of fused-ring (bicyclic) bond motifs is 1. The van der Waals surface area contributed by atoms with E-state index in [1.807, 2.05) is 0 Å². The first-order chi connectivity index (χ1) is 12.6. The number of terminal acetylenes is 1. The highest BCUT2D eigenvalue weighted by Gasteiger charge is 2.38. The highest BCUT2D eigenvalue weighted by atomic mass is 19.4. The highest BCUT2D eigenvalue weighted by Crippen LogP contribution is 2.35. The maximum atomic E-state index is 12.8. The number of aromatic nitrogens is 2. The van der Waals surface area contributed by atoms with Gasteiger partial charge in [-0.05, 0) is 19.1 Å². The Hall–Kier alpha value is -3.48. The quantitative estimate of drug-likeness (QED) is 0.447. The van der Waals surface area contributed by atoms with Gasteiger partial charge >= 0.3 is 11.9 Å². The molecule has 1 aliphatic rings. The average molecular weight is 379 g/mol. The van der Waals surface area contributed by atoms with Crippen LogP contribution in [0.15, 0.2) is 35.3 Å². The molecule has 0 spiro atoms. The Bertz CT molecular complexity index is 1020. The van der Waals surface area contributed by atoms with E-state index in [0.717, 1.165) is 10.8 Å². The van der Waals surface area contributed by atoms with E-state index in [1.54, 1.807) is 6.92 Å². The topological polar surface area (TPSA) is 78.5 Å². The standard InChI is InChI=1S/C17H12F3N3O4/c1-3-7-22-12-9-11(4-5-13(12)27-10(2)15(22)24)21-8-6-14(17(18,19)20)23(26)16(21)25/h1,4-6,8-10H,7H2,2H3. The normalized spacial score (nSPS) is 16.5. The Labute approximate surface area is 150 Å². The van der Waals surface area contributed by atoms with Crippen molar-refractivity contribution in [1.82, 2.24) is 4.57 Å². The van der Waals surface area contributed by atoms with Gasteiger partial charge in [-0.1, -0.05) is 5.92 Å². The van der Waals surface area contributed by atoms with E-state index in [2.05, 4.69) is 5.92 Å². The van der Waals surface area contributed by atoms with Gasteiger partial charge in [0.25, 0.3) is 5.91 Å². The maximum Gasteiger partial charge on any atom is 0.506 e. The second kappa shape index (κ2) is 6.35. The Morgan fingerprint density at radius 3 is 2.67 bits per heavy atom. The lowest BCUT2D eigenvalue weighted by Gasteiger charge is -2.31. The second-order valence-electron chi connectivity index (χ2n) is 5.69. The molecule has 0 radical (unpaired) electrons. The van der Waals surface area contributed by atoms with Crippen LogP contribution in [-0.4, -0.2) is 23.1 Å². The van der Waals surface area contributed by atoms with Crippen molar-refractivity contribution in [2.24, 2.45) is 0 Å². The molecule has 0 saturated carbocycles. The molecule has 1 aromatic carbocycles. The van der Waals surface area contributed by atoms with Gasteiger partial charge in [0.15, 0.2) is 6.10 Å². The number of amides is 1. The van der Waals surface area contributed by atoms with Crippen LogP contribution in [0.5, 0.6) is 5.75 Å². The van der Waals surface area contributed by atoms with Gasteiger partial charge in [0.2, 0.25) is 5.69 Å². The predicted octanol–water partition coefficient (Wildman–Crippen LogP) is 1.24. The van der Waals surface area contributed by atoms with Crippen LogP contribution >= 0.6 is 0 Å². The van der Waals surface area contributed by atoms with E-state index in [9.17, 15) is 28.0 Å². The summed E-state index contributed by atoms with van der Waals surface area (Å²) in [5.74, 6) is 2.24. The SMILES string of the molecule is C#CCN1C(=O)C(C)Oc2ccc(-n3ccc(C(F)(F)F)[n+]([O-])c3=O)cc21. The first-order valence-electron chi connectivity index (χ1n) is 7.63. The fourth-order valence-corrected chi connectivity index (χ4v) is 2.68. The number of ether oxygens (including phenoxy) is 1. The Morgan fingerprint density at radius 2 is 2.04 bits per heavy atom. The van der Waals surface area contributed by atoms with Gasteiger partial charge in [0.05, 0.1) is 12.2 Å². The second-order valence-corrected chi connectivity index (χ2v) is 5.69. The van der Waals surface area contributed by atoms with Crippen molar-refractivity contribution in [3.05, 3.63) is 51.8 Å². The smallest absolute Gasteiger partial charge is 0.506 e. The van der Waals surface area contributed by atoms with E-state index >= 15 is 0 Å². The van der Waals surface area contributed by atoms with Gasteiger partial charge in [-0.25, -0.2) is 0 Å².